The fourth-order valence-corrected chi connectivity index (χ4v) is 2.18. The topological polar surface area (TPSA) is 41.9 Å². The molecule has 24 heavy (non-hydrogen) atoms. The lowest BCUT2D eigenvalue weighted by atomic mass is 10.2. The molecular formula is C19H24FNO3. The summed E-state index contributed by atoms with van der Waals surface area (Å²) in [4.78, 5) is 1.96. The van der Waals surface area contributed by atoms with Crippen LogP contribution in [0.25, 0.3) is 0 Å². The van der Waals surface area contributed by atoms with Crippen molar-refractivity contribution >= 4 is 0 Å². The molecule has 2 aromatic carbocycles. The molecular weight excluding hydrogens is 309 g/mol. The first-order chi connectivity index (χ1) is 11.5. The molecule has 0 aliphatic carbocycles. The van der Waals surface area contributed by atoms with Crippen LogP contribution in [0.2, 0.25) is 0 Å². The number of aliphatic hydroxyl groups is 1. The zero-order valence-corrected chi connectivity index (χ0v) is 14.1. The molecule has 0 saturated heterocycles. The van der Waals surface area contributed by atoms with Gasteiger partial charge in [-0.1, -0.05) is 17.7 Å². The Balaban J connectivity index is 1.63. The van der Waals surface area contributed by atoms with Crippen LogP contribution in [0.15, 0.2) is 48.5 Å². The number of benzene rings is 2. The van der Waals surface area contributed by atoms with E-state index < -0.39 is 6.10 Å². The second-order valence-corrected chi connectivity index (χ2v) is 5.84. The van der Waals surface area contributed by atoms with Gasteiger partial charge in [0.1, 0.15) is 36.6 Å². The lowest BCUT2D eigenvalue weighted by Gasteiger charge is -2.21. The van der Waals surface area contributed by atoms with Crippen molar-refractivity contribution in [3.8, 4) is 11.5 Å². The van der Waals surface area contributed by atoms with Crippen LogP contribution in [0.1, 0.15) is 5.56 Å². The van der Waals surface area contributed by atoms with Crippen molar-refractivity contribution in [2.45, 2.75) is 13.0 Å². The number of hydrogen-bond donors (Lipinski definition) is 1. The van der Waals surface area contributed by atoms with Crippen LogP contribution >= 0.6 is 0 Å². The van der Waals surface area contributed by atoms with Crippen molar-refractivity contribution < 1.29 is 19.0 Å². The van der Waals surface area contributed by atoms with Crippen molar-refractivity contribution in [3.63, 3.8) is 0 Å². The van der Waals surface area contributed by atoms with Gasteiger partial charge in [0.2, 0.25) is 0 Å². The number of aryl methyl sites for hydroxylation is 1. The summed E-state index contributed by atoms with van der Waals surface area (Å²) in [5.74, 6) is 1.10. The van der Waals surface area contributed by atoms with Crippen LogP contribution in [-0.2, 0) is 0 Å². The van der Waals surface area contributed by atoms with Crippen LogP contribution in [-0.4, -0.2) is 49.5 Å². The highest BCUT2D eigenvalue weighted by atomic mass is 19.1. The monoisotopic (exact) mass is 333 g/mol. The molecule has 0 aliphatic rings. The van der Waals surface area contributed by atoms with Gasteiger partial charge in [-0.05, 0) is 50.4 Å². The second-order valence-electron chi connectivity index (χ2n) is 5.84. The van der Waals surface area contributed by atoms with E-state index in [4.69, 9.17) is 9.47 Å². The summed E-state index contributed by atoms with van der Waals surface area (Å²) in [5, 5.41) is 10.0. The minimum Gasteiger partial charge on any atom is -0.492 e. The predicted octanol–water partition coefficient (Wildman–Crippen LogP) is 2.88. The molecule has 0 amide bonds. The Morgan fingerprint density at radius 1 is 1.00 bits per heavy atom. The molecule has 0 heterocycles. The number of rotatable bonds is 9. The van der Waals surface area contributed by atoms with Gasteiger partial charge in [0, 0.05) is 13.1 Å². The van der Waals surface area contributed by atoms with E-state index in [9.17, 15) is 9.50 Å². The zero-order valence-electron chi connectivity index (χ0n) is 14.1. The average molecular weight is 333 g/mol. The Bertz CT molecular complexity index is 601. The molecule has 1 N–H and O–H groups in total. The number of ether oxygens (including phenoxy) is 2. The number of halogens is 1. The number of nitrogens with zero attached hydrogens (tertiary/aromatic N) is 1. The summed E-state index contributed by atoms with van der Waals surface area (Å²) in [5.41, 5.74) is 1.17. The summed E-state index contributed by atoms with van der Waals surface area (Å²) in [6, 6.07) is 13.7. The maximum absolute atomic E-state index is 12.8. The van der Waals surface area contributed by atoms with E-state index in [1.54, 1.807) is 12.1 Å². The molecule has 5 heteroatoms. The van der Waals surface area contributed by atoms with Gasteiger partial charge in [-0.15, -0.1) is 0 Å². The van der Waals surface area contributed by atoms with E-state index in [-0.39, 0.29) is 12.4 Å². The van der Waals surface area contributed by atoms with Crippen LogP contribution in [0.4, 0.5) is 4.39 Å². The van der Waals surface area contributed by atoms with Gasteiger partial charge < -0.3 is 19.5 Å². The molecule has 2 rings (SSSR count). The van der Waals surface area contributed by atoms with Gasteiger partial charge in [0.05, 0.1) is 0 Å². The van der Waals surface area contributed by atoms with Crippen LogP contribution in [0, 0.1) is 12.7 Å². The van der Waals surface area contributed by atoms with Crippen LogP contribution < -0.4 is 9.47 Å². The number of aliphatic hydroxyl groups excluding tert-OH is 1. The average Bonchev–Trinajstić information content (AvgIpc) is 2.56. The molecule has 1 atom stereocenters. The van der Waals surface area contributed by atoms with Gasteiger partial charge in [0.15, 0.2) is 0 Å². The van der Waals surface area contributed by atoms with E-state index >= 15 is 0 Å². The lowest BCUT2D eigenvalue weighted by molar-refractivity contribution is 0.0723. The first-order valence-corrected chi connectivity index (χ1v) is 7.97. The molecule has 2 aromatic rings. The lowest BCUT2D eigenvalue weighted by Crippen LogP contribution is -2.35. The fourth-order valence-electron chi connectivity index (χ4n) is 2.18. The largest absolute Gasteiger partial charge is 0.492 e. The third kappa shape index (κ3) is 6.56. The fraction of sp³-hybridized carbons (Fsp3) is 0.368. The Morgan fingerprint density at radius 2 is 1.58 bits per heavy atom. The molecule has 0 radical (unpaired) electrons. The van der Waals surface area contributed by atoms with Crippen LogP contribution in [0.3, 0.4) is 0 Å². The molecule has 0 aromatic heterocycles. The molecule has 1 unspecified atom stereocenters. The quantitative estimate of drug-likeness (QED) is 0.766. The summed E-state index contributed by atoms with van der Waals surface area (Å²) in [6.07, 6.45) is -0.581. The van der Waals surface area contributed by atoms with E-state index in [0.29, 0.717) is 25.4 Å². The Kier molecular flexibility index (Phi) is 7.03. The highest BCUT2D eigenvalue weighted by Gasteiger charge is 2.09. The van der Waals surface area contributed by atoms with Gasteiger partial charge in [0.25, 0.3) is 0 Å². The smallest absolute Gasteiger partial charge is 0.123 e. The minimum atomic E-state index is -0.581. The minimum absolute atomic E-state index is 0.242. The van der Waals surface area contributed by atoms with E-state index in [0.717, 1.165) is 5.75 Å². The van der Waals surface area contributed by atoms with E-state index in [1.807, 2.05) is 43.1 Å². The summed E-state index contributed by atoms with van der Waals surface area (Å²) in [6.45, 7) is 3.86. The Labute approximate surface area is 142 Å². The van der Waals surface area contributed by atoms with Crippen molar-refractivity contribution in [1.29, 1.82) is 0 Å². The van der Waals surface area contributed by atoms with Gasteiger partial charge in [-0.2, -0.15) is 0 Å². The second kappa shape index (κ2) is 9.25. The molecule has 4 nitrogen and oxygen atoms in total. The Morgan fingerprint density at radius 3 is 2.25 bits per heavy atom. The van der Waals surface area contributed by atoms with Crippen molar-refractivity contribution in [2.75, 3.05) is 33.4 Å². The SMILES string of the molecule is Cc1ccc(OCC(O)CN(C)CCOc2ccc(F)cc2)cc1. The zero-order chi connectivity index (χ0) is 17.4. The first kappa shape index (κ1) is 18.2. The maximum Gasteiger partial charge on any atom is 0.123 e. The Hall–Kier alpha value is -2.11. The van der Waals surface area contributed by atoms with Crippen LogP contribution in [0.5, 0.6) is 11.5 Å². The first-order valence-electron chi connectivity index (χ1n) is 7.97. The normalized spacial score (nSPS) is 12.2. The molecule has 0 saturated carbocycles. The van der Waals surface area contributed by atoms with Gasteiger partial charge in [-0.25, -0.2) is 4.39 Å². The van der Waals surface area contributed by atoms with Crippen molar-refractivity contribution in [1.82, 2.24) is 4.90 Å². The third-order valence-electron chi connectivity index (χ3n) is 3.54. The summed E-state index contributed by atoms with van der Waals surface area (Å²) in [7, 11) is 1.91. The maximum atomic E-state index is 12.8. The van der Waals surface area contributed by atoms with E-state index in [2.05, 4.69) is 0 Å². The summed E-state index contributed by atoms with van der Waals surface area (Å²) >= 11 is 0. The molecule has 0 aliphatic heterocycles. The molecule has 0 spiro atoms. The third-order valence-corrected chi connectivity index (χ3v) is 3.54. The molecule has 130 valence electrons. The number of hydrogen-bond acceptors (Lipinski definition) is 4. The highest BCUT2D eigenvalue weighted by molar-refractivity contribution is 5.26. The summed E-state index contributed by atoms with van der Waals surface area (Å²) < 4.78 is 23.9. The number of likely N-dealkylation sites (N-methyl/N-ethyl adjacent to an activating group) is 1. The standard InChI is InChI=1S/C19H24FNO3/c1-15-3-7-19(8-4-15)24-14-17(22)13-21(2)11-12-23-18-9-5-16(20)6-10-18/h3-10,17,22H,11-14H2,1-2H3. The molecule has 0 bridgehead atoms. The van der Waals surface area contributed by atoms with Crippen molar-refractivity contribution in [2.24, 2.45) is 0 Å². The van der Waals surface area contributed by atoms with E-state index in [1.165, 1.54) is 17.7 Å². The predicted molar refractivity (Wildman–Crippen MR) is 92.1 cm³/mol. The van der Waals surface area contributed by atoms with Gasteiger partial charge >= 0.3 is 0 Å². The van der Waals surface area contributed by atoms with Gasteiger partial charge in [-0.3, -0.25) is 0 Å². The van der Waals surface area contributed by atoms with Crippen molar-refractivity contribution in [3.05, 3.63) is 59.9 Å². The highest BCUT2D eigenvalue weighted by Crippen LogP contribution is 2.12. The molecule has 0 fully saturated rings.